The maximum Gasteiger partial charge on any atom is 0.397 e. The van der Waals surface area contributed by atoms with Gasteiger partial charge in [-0.15, -0.1) is 0 Å². The summed E-state index contributed by atoms with van der Waals surface area (Å²) in [6.07, 6.45) is 3.01. The summed E-state index contributed by atoms with van der Waals surface area (Å²) in [7, 11) is 4.10. The Balaban J connectivity index is 3.03. The quantitative estimate of drug-likeness (QED) is 0.0941. The number of carbonyl (C=O) groups excluding carboxylic acids is 1. The first kappa shape index (κ1) is 36.4. The standard InChI is InChI=1S/C27H36Cl2F5NOP2S/c1-5-7-18(9-8-16(3)25(36)35-17(4)10-11-39-15-26(31,32)33)24(30)14-21(27(34,37)38)19-12-22(28)20(6-2)23(29)13-19/h7-9,12-14,16-17,21H,5-6,10-11,15,37-38H2,1-4H3,(H,35,36)/b9-8-,18-7+,24-14-/t16?,17-,21?/m1/s1. The van der Waals surface area contributed by atoms with E-state index in [0.717, 1.165) is 23.4 Å². The molecule has 0 saturated heterocycles. The van der Waals surface area contributed by atoms with Crippen molar-refractivity contribution in [1.82, 2.24) is 5.32 Å². The monoisotopic (exact) mass is 649 g/mol. The van der Waals surface area contributed by atoms with Crippen molar-refractivity contribution in [2.24, 2.45) is 5.92 Å². The highest BCUT2D eigenvalue weighted by molar-refractivity contribution is 7.99. The second-order valence-corrected chi connectivity index (χ2v) is 13.6. The fourth-order valence-electron chi connectivity index (χ4n) is 3.56. The summed E-state index contributed by atoms with van der Waals surface area (Å²) in [6, 6.07) is 2.84. The van der Waals surface area contributed by atoms with Gasteiger partial charge in [0.1, 0.15) is 11.0 Å². The average Bonchev–Trinajstić information content (AvgIpc) is 2.80. The summed E-state index contributed by atoms with van der Waals surface area (Å²) in [5.74, 6) is -3.39. The minimum Gasteiger partial charge on any atom is -0.353 e. The van der Waals surface area contributed by atoms with Crippen LogP contribution in [0.1, 0.15) is 57.6 Å². The number of thioether (sulfide) groups is 1. The molecule has 5 atom stereocenters. The van der Waals surface area contributed by atoms with Gasteiger partial charge in [-0.05, 0) is 61.3 Å². The van der Waals surface area contributed by atoms with E-state index >= 15 is 8.78 Å². The Morgan fingerprint density at radius 1 is 1.13 bits per heavy atom. The molecule has 0 aromatic heterocycles. The molecule has 39 heavy (non-hydrogen) atoms. The Bertz CT molecular complexity index is 1030. The molecule has 0 bridgehead atoms. The molecular weight excluding hydrogens is 614 g/mol. The molecule has 0 aliphatic heterocycles. The topological polar surface area (TPSA) is 29.1 Å². The summed E-state index contributed by atoms with van der Waals surface area (Å²) < 4.78 is 67.5. The molecule has 1 aromatic rings. The van der Waals surface area contributed by atoms with Gasteiger partial charge in [0, 0.05) is 27.6 Å². The Morgan fingerprint density at radius 3 is 2.21 bits per heavy atom. The maximum absolute atomic E-state index is 15.5. The van der Waals surface area contributed by atoms with Gasteiger partial charge in [-0.2, -0.15) is 24.9 Å². The van der Waals surface area contributed by atoms with Crippen molar-refractivity contribution in [3.63, 3.8) is 0 Å². The van der Waals surface area contributed by atoms with E-state index in [-0.39, 0.29) is 23.3 Å². The van der Waals surface area contributed by atoms with Gasteiger partial charge >= 0.3 is 6.18 Å². The number of alkyl halides is 4. The minimum atomic E-state index is -4.22. The summed E-state index contributed by atoms with van der Waals surface area (Å²) in [5, 5.41) is 1.50. The fourth-order valence-corrected chi connectivity index (χ4v) is 5.80. The van der Waals surface area contributed by atoms with Crippen LogP contribution >= 0.6 is 53.4 Å². The van der Waals surface area contributed by atoms with Gasteiger partial charge in [0.2, 0.25) is 5.91 Å². The van der Waals surface area contributed by atoms with Gasteiger partial charge in [0.05, 0.1) is 11.7 Å². The van der Waals surface area contributed by atoms with Crippen LogP contribution in [0.25, 0.3) is 0 Å². The number of allylic oxidation sites excluding steroid dienone is 5. The highest BCUT2D eigenvalue weighted by Gasteiger charge is 2.31. The third-order valence-electron chi connectivity index (χ3n) is 5.69. The molecule has 220 valence electrons. The molecule has 0 fully saturated rings. The van der Waals surface area contributed by atoms with E-state index in [4.69, 9.17) is 23.2 Å². The van der Waals surface area contributed by atoms with E-state index in [2.05, 4.69) is 23.8 Å². The number of carbonyl (C=O) groups is 1. The molecule has 1 N–H and O–H groups in total. The molecule has 12 heteroatoms. The molecular formula is C27H36Cl2F5NOP2S. The van der Waals surface area contributed by atoms with Crippen molar-refractivity contribution < 1.29 is 26.7 Å². The zero-order chi connectivity index (χ0) is 30.0. The molecule has 0 radical (unpaired) electrons. The Kier molecular flexibility index (Phi) is 15.6. The first-order valence-electron chi connectivity index (χ1n) is 12.4. The van der Waals surface area contributed by atoms with E-state index in [0.29, 0.717) is 34.9 Å². The van der Waals surface area contributed by atoms with Crippen LogP contribution in [0.4, 0.5) is 22.0 Å². The highest BCUT2D eigenvalue weighted by Crippen LogP contribution is 2.46. The Morgan fingerprint density at radius 2 is 1.72 bits per heavy atom. The lowest BCUT2D eigenvalue weighted by molar-refractivity contribution is -0.123. The van der Waals surface area contributed by atoms with Gasteiger partial charge in [0.25, 0.3) is 0 Å². The molecule has 0 heterocycles. The first-order chi connectivity index (χ1) is 18.0. The molecule has 1 amide bonds. The summed E-state index contributed by atoms with van der Waals surface area (Å²) in [6.45, 7) is 7.05. The van der Waals surface area contributed by atoms with E-state index in [1.54, 1.807) is 32.1 Å². The smallest absolute Gasteiger partial charge is 0.353 e. The van der Waals surface area contributed by atoms with Crippen LogP contribution in [-0.2, 0) is 11.2 Å². The summed E-state index contributed by atoms with van der Waals surface area (Å²) in [4.78, 5) is 12.5. The Labute approximate surface area is 247 Å². The van der Waals surface area contributed by atoms with Crippen molar-refractivity contribution in [2.75, 3.05) is 11.5 Å². The predicted octanol–water partition coefficient (Wildman–Crippen LogP) is 9.59. The van der Waals surface area contributed by atoms with E-state index in [9.17, 15) is 18.0 Å². The lowest BCUT2D eigenvalue weighted by atomic mass is 9.95. The van der Waals surface area contributed by atoms with Gasteiger partial charge in [-0.3, -0.25) is 4.79 Å². The van der Waals surface area contributed by atoms with Crippen LogP contribution in [0.15, 0.2) is 47.8 Å². The SMILES string of the molecule is CC/C=C(\C=C/C(C)C(=O)N[C@H](C)CCSCC(F)(F)F)C(/F)=C/C(c1cc(Cl)c(CC)c(Cl)c1)C(F)(P)P. The van der Waals surface area contributed by atoms with Gasteiger partial charge in [0.15, 0.2) is 0 Å². The van der Waals surface area contributed by atoms with Crippen molar-refractivity contribution in [3.05, 3.63) is 69.0 Å². The van der Waals surface area contributed by atoms with E-state index in [1.807, 2.05) is 13.8 Å². The normalized spacial score (nSPS) is 15.9. The van der Waals surface area contributed by atoms with Crippen LogP contribution in [0, 0.1) is 5.92 Å². The number of rotatable bonds is 14. The molecule has 0 spiro atoms. The largest absolute Gasteiger partial charge is 0.397 e. The van der Waals surface area contributed by atoms with E-state index in [1.165, 1.54) is 12.2 Å². The minimum absolute atomic E-state index is 0.181. The van der Waals surface area contributed by atoms with Gasteiger partial charge in [-0.25, -0.2) is 8.78 Å². The van der Waals surface area contributed by atoms with Crippen molar-refractivity contribution >= 4 is 59.4 Å². The molecule has 0 aliphatic rings. The van der Waals surface area contributed by atoms with Crippen LogP contribution in [0.3, 0.4) is 0 Å². The zero-order valence-electron chi connectivity index (χ0n) is 22.3. The molecule has 4 unspecified atom stereocenters. The molecule has 1 rings (SSSR count). The maximum atomic E-state index is 15.5. The predicted molar refractivity (Wildman–Crippen MR) is 163 cm³/mol. The summed E-state index contributed by atoms with van der Waals surface area (Å²) >= 11 is 13.4. The molecule has 0 aliphatic carbocycles. The van der Waals surface area contributed by atoms with Crippen LogP contribution in [0.2, 0.25) is 10.0 Å². The van der Waals surface area contributed by atoms with E-state index < -0.39 is 34.7 Å². The fraction of sp³-hybridized carbons (Fsp3) is 0.519. The molecule has 2 nitrogen and oxygen atoms in total. The van der Waals surface area contributed by atoms with Crippen molar-refractivity contribution in [3.8, 4) is 0 Å². The third-order valence-corrected chi connectivity index (χ3v) is 8.14. The average molecular weight is 651 g/mol. The summed E-state index contributed by atoms with van der Waals surface area (Å²) in [5.41, 5.74) is 1.30. The number of halogens is 7. The van der Waals surface area contributed by atoms with Gasteiger partial charge in [-0.1, -0.05) is 80.7 Å². The second kappa shape index (κ2) is 16.7. The molecule has 1 aromatic carbocycles. The molecule has 0 saturated carbocycles. The number of nitrogens with one attached hydrogen (secondary N) is 1. The van der Waals surface area contributed by atoms with Crippen LogP contribution < -0.4 is 5.32 Å². The van der Waals surface area contributed by atoms with Gasteiger partial charge < -0.3 is 5.32 Å². The first-order valence-corrected chi connectivity index (χ1v) is 15.5. The Hall–Kier alpha value is -0.650. The van der Waals surface area contributed by atoms with Crippen LogP contribution in [0.5, 0.6) is 0 Å². The lowest BCUT2D eigenvalue weighted by Crippen LogP contribution is -2.36. The number of benzene rings is 1. The third kappa shape index (κ3) is 13.3. The zero-order valence-corrected chi connectivity index (χ0v) is 27.0. The highest BCUT2D eigenvalue weighted by atomic mass is 35.5. The number of hydrogen-bond acceptors (Lipinski definition) is 2. The second-order valence-electron chi connectivity index (χ2n) is 9.22. The van der Waals surface area contributed by atoms with Crippen molar-refractivity contribution in [2.45, 2.75) is 70.2 Å². The number of hydrogen-bond donors (Lipinski definition) is 1. The van der Waals surface area contributed by atoms with Crippen LogP contribution in [-0.4, -0.2) is 34.8 Å². The van der Waals surface area contributed by atoms with Crippen molar-refractivity contribution in [1.29, 1.82) is 0 Å². The lowest BCUT2D eigenvalue weighted by Gasteiger charge is -2.25. The number of amides is 1.